The zero-order valence-electron chi connectivity index (χ0n) is 10.3. The van der Waals surface area contributed by atoms with Gasteiger partial charge in [0.15, 0.2) is 10.1 Å². The van der Waals surface area contributed by atoms with Crippen molar-refractivity contribution in [3.8, 4) is 0 Å². The Morgan fingerprint density at radius 2 is 2.15 bits per heavy atom. The lowest BCUT2D eigenvalue weighted by molar-refractivity contribution is 1.07. The fourth-order valence-electron chi connectivity index (χ4n) is 1.99. The molecular weight excluding hydrogens is 356 g/mol. The number of aromatic amines is 1. The maximum Gasteiger partial charge on any atom is 0.193 e. The van der Waals surface area contributed by atoms with Crippen molar-refractivity contribution in [1.29, 1.82) is 0 Å². The Kier molecular flexibility index (Phi) is 3.82. The van der Waals surface area contributed by atoms with Gasteiger partial charge in [0.05, 0.1) is 16.7 Å². The SMILES string of the molecule is Br.c1ccc2[nH]c(SCc3cn4ccsc4n3)nc2c1. The second kappa shape index (κ2) is 5.59. The van der Waals surface area contributed by atoms with E-state index in [4.69, 9.17) is 0 Å². The van der Waals surface area contributed by atoms with Gasteiger partial charge in [-0.3, -0.25) is 4.40 Å². The van der Waals surface area contributed by atoms with Crippen LogP contribution in [0.2, 0.25) is 0 Å². The fraction of sp³-hybridized carbons (Fsp3) is 0.0769. The van der Waals surface area contributed by atoms with Crippen LogP contribution in [-0.2, 0) is 5.75 Å². The van der Waals surface area contributed by atoms with E-state index in [0.717, 1.165) is 32.6 Å². The number of para-hydroxylation sites is 2. The topological polar surface area (TPSA) is 46.0 Å². The Hall–Kier alpha value is -1.31. The first-order valence-corrected chi connectivity index (χ1v) is 7.74. The zero-order chi connectivity index (χ0) is 12.7. The molecule has 4 rings (SSSR count). The molecule has 0 saturated heterocycles. The third-order valence-electron chi connectivity index (χ3n) is 2.87. The van der Waals surface area contributed by atoms with Crippen LogP contribution >= 0.6 is 40.1 Å². The summed E-state index contributed by atoms with van der Waals surface area (Å²) in [5.41, 5.74) is 3.17. The van der Waals surface area contributed by atoms with E-state index in [1.165, 1.54) is 0 Å². The number of H-pyrrole nitrogens is 1. The second-order valence-corrected chi connectivity index (χ2v) is 6.01. The first-order chi connectivity index (χ1) is 9.38. The number of hydrogen-bond acceptors (Lipinski definition) is 4. The fourth-order valence-corrected chi connectivity index (χ4v) is 3.47. The average molecular weight is 367 g/mol. The summed E-state index contributed by atoms with van der Waals surface area (Å²) in [4.78, 5) is 13.5. The van der Waals surface area contributed by atoms with Crippen LogP contribution in [-0.4, -0.2) is 19.4 Å². The molecule has 0 unspecified atom stereocenters. The van der Waals surface area contributed by atoms with Gasteiger partial charge in [-0.2, -0.15) is 0 Å². The van der Waals surface area contributed by atoms with Gasteiger partial charge in [0.2, 0.25) is 0 Å². The number of rotatable bonds is 3. The van der Waals surface area contributed by atoms with Gasteiger partial charge in [0.1, 0.15) is 0 Å². The lowest BCUT2D eigenvalue weighted by Crippen LogP contribution is -1.81. The summed E-state index contributed by atoms with van der Waals surface area (Å²) < 4.78 is 2.05. The molecule has 4 nitrogen and oxygen atoms in total. The van der Waals surface area contributed by atoms with Crippen molar-refractivity contribution in [3.05, 3.63) is 47.7 Å². The number of aromatic nitrogens is 4. The first-order valence-electron chi connectivity index (χ1n) is 5.87. The third kappa shape index (κ3) is 2.48. The molecule has 102 valence electrons. The van der Waals surface area contributed by atoms with E-state index < -0.39 is 0 Å². The summed E-state index contributed by atoms with van der Waals surface area (Å²) in [6.07, 6.45) is 4.10. The highest BCUT2D eigenvalue weighted by Gasteiger charge is 2.06. The number of fused-ring (bicyclic) bond motifs is 2. The highest BCUT2D eigenvalue weighted by atomic mass is 79.9. The Bertz CT molecular complexity index is 787. The van der Waals surface area contributed by atoms with Crippen molar-refractivity contribution in [1.82, 2.24) is 19.4 Å². The van der Waals surface area contributed by atoms with Gasteiger partial charge in [-0.1, -0.05) is 23.9 Å². The summed E-state index contributed by atoms with van der Waals surface area (Å²) in [5.74, 6) is 0.828. The van der Waals surface area contributed by atoms with Crippen LogP contribution in [0.15, 0.2) is 47.2 Å². The normalized spacial score (nSPS) is 11.0. The number of imidazole rings is 2. The molecule has 0 aliphatic heterocycles. The first kappa shape index (κ1) is 13.7. The van der Waals surface area contributed by atoms with Gasteiger partial charge in [-0.05, 0) is 12.1 Å². The second-order valence-electron chi connectivity index (χ2n) is 4.17. The Morgan fingerprint density at radius 1 is 1.25 bits per heavy atom. The molecule has 1 aromatic carbocycles. The molecule has 20 heavy (non-hydrogen) atoms. The maximum atomic E-state index is 4.56. The third-order valence-corrected chi connectivity index (χ3v) is 4.55. The van der Waals surface area contributed by atoms with Crippen molar-refractivity contribution < 1.29 is 0 Å². The molecule has 0 radical (unpaired) electrons. The predicted octanol–water partition coefficient (Wildman–Crippen LogP) is 4.14. The number of nitrogens with zero attached hydrogens (tertiary/aromatic N) is 3. The quantitative estimate of drug-likeness (QED) is 0.554. The van der Waals surface area contributed by atoms with E-state index in [0.29, 0.717) is 0 Å². The maximum absolute atomic E-state index is 4.56. The van der Waals surface area contributed by atoms with Gasteiger partial charge in [-0.25, -0.2) is 9.97 Å². The zero-order valence-corrected chi connectivity index (χ0v) is 13.7. The molecule has 0 aliphatic rings. The number of hydrogen-bond donors (Lipinski definition) is 1. The monoisotopic (exact) mass is 366 g/mol. The standard InChI is InChI=1S/C13H10N4S2.BrH/c1-2-4-11-10(3-1)15-12(16-11)19-8-9-7-17-5-6-18-13(17)14-9;/h1-7H,8H2,(H,15,16);1H. The molecule has 1 N–H and O–H groups in total. The minimum absolute atomic E-state index is 0. The molecular formula is C13H11BrN4S2. The van der Waals surface area contributed by atoms with Gasteiger partial charge in [-0.15, -0.1) is 28.3 Å². The number of thiazole rings is 1. The predicted molar refractivity (Wildman–Crippen MR) is 89.0 cm³/mol. The number of thioether (sulfide) groups is 1. The van der Waals surface area contributed by atoms with E-state index in [2.05, 4.69) is 25.5 Å². The minimum atomic E-state index is 0. The number of benzene rings is 1. The van der Waals surface area contributed by atoms with Crippen LogP contribution in [0.1, 0.15) is 5.69 Å². The summed E-state index contributed by atoms with van der Waals surface area (Å²) in [7, 11) is 0. The minimum Gasteiger partial charge on any atom is -0.333 e. The molecule has 0 spiro atoms. The number of nitrogens with one attached hydrogen (secondary N) is 1. The van der Waals surface area contributed by atoms with Gasteiger partial charge >= 0.3 is 0 Å². The highest BCUT2D eigenvalue weighted by molar-refractivity contribution is 8.93. The smallest absolute Gasteiger partial charge is 0.193 e. The Morgan fingerprint density at radius 3 is 3.00 bits per heavy atom. The van der Waals surface area contributed by atoms with Crippen molar-refractivity contribution >= 4 is 56.1 Å². The van der Waals surface area contributed by atoms with Gasteiger partial charge in [0, 0.05) is 23.5 Å². The molecule has 7 heteroatoms. The largest absolute Gasteiger partial charge is 0.333 e. The summed E-state index contributed by atoms with van der Waals surface area (Å²) in [6, 6.07) is 8.07. The summed E-state index contributed by atoms with van der Waals surface area (Å²) >= 11 is 3.33. The lowest BCUT2D eigenvalue weighted by Gasteiger charge is -1.92. The van der Waals surface area contributed by atoms with Crippen LogP contribution in [0.5, 0.6) is 0 Å². The van der Waals surface area contributed by atoms with E-state index >= 15 is 0 Å². The molecule has 3 aromatic heterocycles. The van der Waals surface area contributed by atoms with Crippen LogP contribution in [0.3, 0.4) is 0 Å². The summed E-state index contributed by atoms with van der Waals surface area (Å²) in [5, 5.41) is 2.98. The summed E-state index contributed by atoms with van der Waals surface area (Å²) in [6.45, 7) is 0. The van der Waals surface area contributed by atoms with Crippen molar-refractivity contribution in [2.24, 2.45) is 0 Å². The van der Waals surface area contributed by atoms with Crippen LogP contribution in [0.4, 0.5) is 0 Å². The molecule has 3 heterocycles. The van der Waals surface area contributed by atoms with Crippen molar-refractivity contribution in [2.45, 2.75) is 10.9 Å². The van der Waals surface area contributed by atoms with E-state index in [9.17, 15) is 0 Å². The van der Waals surface area contributed by atoms with Crippen LogP contribution in [0, 0.1) is 0 Å². The molecule has 0 fully saturated rings. The van der Waals surface area contributed by atoms with E-state index in [-0.39, 0.29) is 17.0 Å². The lowest BCUT2D eigenvalue weighted by atomic mass is 10.3. The number of halogens is 1. The molecule has 0 atom stereocenters. The van der Waals surface area contributed by atoms with Crippen LogP contribution < -0.4 is 0 Å². The van der Waals surface area contributed by atoms with Crippen LogP contribution in [0.25, 0.3) is 16.0 Å². The van der Waals surface area contributed by atoms with Gasteiger partial charge in [0.25, 0.3) is 0 Å². The Labute approximate surface area is 134 Å². The van der Waals surface area contributed by atoms with E-state index in [1.807, 2.05) is 35.8 Å². The van der Waals surface area contributed by atoms with Gasteiger partial charge < -0.3 is 4.98 Å². The van der Waals surface area contributed by atoms with Crippen molar-refractivity contribution in [2.75, 3.05) is 0 Å². The van der Waals surface area contributed by atoms with Crippen molar-refractivity contribution in [3.63, 3.8) is 0 Å². The average Bonchev–Trinajstić information content (AvgIpc) is 3.09. The van der Waals surface area contributed by atoms with E-state index in [1.54, 1.807) is 23.1 Å². The molecule has 0 aliphatic carbocycles. The molecule has 0 bridgehead atoms. The molecule has 4 aromatic rings. The molecule has 0 amide bonds. The highest BCUT2D eigenvalue weighted by Crippen LogP contribution is 2.23. The molecule has 0 saturated carbocycles. The Balaban J connectivity index is 0.00000121.